The molecule has 0 aliphatic carbocycles. The fourth-order valence-corrected chi connectivity index (χ4v) is 3.74. The van der Waals surface area contributed by atoms with Gasteiger partial charge in [-0.2, -0.15) is 0 Å². The number of piperidine rings is 1. The smallest absolute Gasteiger partial charge is 0.255 e. The summed E-state index contributed by atoms with van der Waals surface area (Å²) in [7, 11) is 1.66. The molecule has 22 heavy (non-hydrogen) atoms. The van der Waals surface area contributed by atoms with Crippen molar-refractivity contribution in [2.24, 2.45) is 7.05 Å². The number of aryl methyl sites for hydroxylation is 2. The number of aromatic nitrogens is 2. The van der Waals surface area contributed by atoms with Crippen LogP contribution in [-0.4, -0.2) is 33.4 Å². The van der Waals surface area contributed by atoms with E-state index >= 15 is 0 Å². The summed E-state index contributed by atoms with van der Waals surface area (Å²) < 4.78 is 1.44. The Hall–Kier alpha value is -1.95. The molecule has 1 aliphatic heterocycles. The summed E-state index contributed by atoms with van der Waals surface area (Å²) in [4.78, 5) is 31.5. The van der Waals surface area contributed by atoms with E-state index in [1.54, 1.807) is 30.6 Å². The number of carbonyl (C=O) groups is 1. The van der Waals surface area contributed by atoms with E-state index in [1.165, 1.54) is 20.5 Å². The molecule has 0 spiro atoms. The first-order chi connectivity index (χ1) is 10.5. The number of thiazole rings is 1. The molecule has 116 valence electrons. The number of hydrogen-bond acceptors (Lipinski definition) is 4. The van der Waals surface area contributed by atoms with E-state index < -0.39 is 0 Å². The summed E-state index contributed by atoms with van der Waals surface area (Å²) in [6.45, 7) is 3.55. The lowest BCUT2D eigenvalue weighted by molar-refractivity contribution is 0.0712. The molecule has 2 aromatic heterocycles. The zero-order valence-corrected chi connectivity index (χ0v) is 13.6. The summed E-state index contributed by atoms with van der Waals surface area (Å²) >= 11 is 1.75. The summed E-state index contributed by atoms with van der Waals surface area (Å²) in [5, 5.41) is 1.19. The molecule has 2 aromatic rings. The minimum atomic E-state index is -0.102. The molecule has 1 saturated heterocycles. The Labute approximate surface area is 133 Å². The average Bonchev–Trinajstić information content (AvgIpc) is 2.96. The molecule has 6 heteroatoms. The highest BCUT2D eigenvalue weighted by Gasteiger charge is 2.26. The minimum absolute atomic E-state index is 0.00405. The van der Waals surface area contributed by atoms with Crippen LogP contribution in [0.4, 0.5) is 0 Å². The minimum Gasteiger partial charge on any atom is -0.339 e. The van der Waals surface area contributed by atoms with E-state index in [1.807, 2.05) is 11.1 Å². The Morgan fingerprint density at radius 1 is 1.32 bits per heavy atom. The van der Waals surface area contributed by atoms with Crippen LogP contribution in [0.25, 0.3) is 0 Å². The van der Waals surface area contributed by atoms with Gasteiger partial charge in [0, 0.05) is 49.4 Å². The third-order valence-electron chi connectivity index (χ3n) is 4.10. The number of rotatable bonds is 2. The highest BCUT2D eigenvalue weighted by molar-refractivity contribution is 7.11. The second-order valence-electron chi connectivity index (χ2n) is 5.74. The lowest BCUT2D eigenvalue weighted by Crippen LogP contribution is -2.38. The van der Waals surface area contributed by atoms with Crippen LogP contribution in [0.15, 0.2) is 29.3 Å². The Kier molecular flexibility index (Phi) is 4.11. The molecular formula is C16H19N3O2S. The van der Waals surface area contributed by atoms with E-state index in [-0.39, 0.29) is 11.5 Å². The van der Waals surface area contributed by atoms with Gasteiger partial charge in [0.15, 0.2) is 0 Å². The molecule has 0 aromatic carbocycles. The first-order valence-electron chi connectivity index (χ1n) is 7.43. The second-order valence-corrected chi connectivity index (χ2v) is 7.01. The zero-order chi connectivity index (χ0) is 15.7. The summed E-state index contributed by atoms with van der Waals surface area (Å²) in [5.74, 6) is 0.465. The van der Waals surface area contributed by atoms with Gasteiger partial charge < -0.3 is 9.47 Å². The predicted octanol–water partition coefficient (Wildman–Crippen LogP) is 2.17. The maximum Gasteiger partial charge on any atom is 0.255 e. The molecule has 1 amide bonds. The Balaban J connectivity index is 1.66. The first kappa shape index (κ1) is 15.0. The number of carbonyl (C=O) groups excluding carboxylic acids is 1. The molecule has 0 saturated carbocycles. The molecular weight excluding hydrogens is 298 g/mol. The molecule has 0 bridgehead atoms. The van der Waals surface area contributed by atoms with Gasteiger partial charge >= 0.3 is 0 Å². The van der Waals surface area contributed by atoms with Gasteiger partial charge in [0.2, 0.25) is 5.56 Å². The van der Waals surface area contributed by atoms with E-state index in [0.717, 1.165) is 25.9 Å². The number of hydrogen-bond donors (Lipinski definition) is 0. The standard InChI is InChI=1S/C16H19N3O2S/c1-11-9-17-15(22-11)12-5-7-19(8-6-12)16(21)13-3-4-14(20)18(2)10-13/h3-4,9-10,12H,5-8H2,1-2H3. The van der Waals surface area contributed by atoms with Gasteiger partial charge in [-0.3, -0.25) is 9.59 Å². The van der Waals surface area contributed by atoms with Crippen LogP contribution in [0.1, 0.15) is 39.0 Å². The molecule has 0 radical (unpaired) electrons. The monoisotopic (exact) mass is 317 g/mol. The van der Waals surface area contributed by atoms with Gasteiger partial charge in [0.1, 0.15) is 0 Å². The van der Waals surface area contributed by atoms with Crippen molar-refractivity contribution in [1.82, 2.24) is 14.5 Å². The fourth-order valence-electron chi connectivity index (χ4n) is 2.79. The van der Waals surface area contributed by atoms with Crippen molar-refractivity contribution in [3.05, 3.63) is 50.3 Å². The van der Waals surface area contributed by atoms with Crippen LogP contribution >= 0.6 is 11.3 Å². The molecule has 1 aliphatic rings. The molecule has 0 unspecified atom stereocenters. The van der Waals surface area contributed by atoms with Gasteiger partial charge in [0.25, 0.3) is 5.91 Å². The van der Waals surface area contributed by atoms with Crippen molar-refractivity contribution in [2.75, 3.05) is 13.1 Å². The quantitative estimate of drug-likeness (QED) is 0.853. The van der Waals surface area contributed by atoms with Gasteiger partial charge in [-0.1, -0.05) is 0 Å². The van der Waals surface area contributed by atoms with Gasteiger partial charge in [-0.15, -0.1) is 11.3 Å². The van der Waals surface area contributed by atoms with E-state index in [0.29, 0.717) is 11.5 Å². The van der Waals surface area contributed by atoms with Crippen LogP contribution in [0.3, 0.4) is 0 Å². The molecule has 3 rings (SSSR count). The Bertz CT molecular complexity index is 742. The lowest BCUT2D eigenvalue weighted by atomic mass is 9.97. The van der Waals surface area contributed by atoms with Crippen molar-refractivity contribution < 1.29 is 4.79 Å². The Morgan fingerprint density at radius 3 is 2.64 bits per heavy atom. The van der Waals surface area contributed by atoms with Crippen molar-refractivity contribution in [3.8, 4) is 0 Å². The highest BCUT2D eigenvalue weighted by Crippen LogP contribution is 2.31. The van der Waals surface area contributed by atoms with Crippen molar-refractivity contribution in [1.29, 1.82) is 0 Å². The maximum absolute atomic E-state index is 12.5. The van der Waals surface area contributed by atoms with Crippen molar-refractivity contribution in [3.63, 3.8) is 0 Å². The highest BCUT2D eigenvalue weighted by atomic mass is 32.1. The topological polar surface area (TPSA) is 55.2 Å². The first-order valence-corrected chi connectivity index (χ1v) is 8.24. The van der Waals surface area contributed by atoms with Crippen molar-refractivity contribution in [2.45, 2.75) is 25.7 Å². The Morgan fingerprint density at radius 2 is 2.05 bits per heavy atom. The lowest BCUT2D eigenvalue weighted by Gasteiger charge is -2.31. The van der Waals surface area contributed by atoms with Gasteiger partial charge in [0.05, 0.1) is 10.6 Å². The van der Waals surface area contributed by atoms with Crippen LogP contribution in [0.5, 0.6) is 0 Å². The van der Waals surface area contributed by atoms with Gasteiger partial charge in [-0.05, 0) is 25.8 Å². The van der Waals surface area contributed by atoms with Crippen LogP contribution in [0.2, 0.25) is 0 Å². The van der Waals surface area contributed by atoms with E-state index in [9.17, 15) is 9.59 Å². The number of nitrogens with zero attached hydrogens (tertiary/aromatic N) is 3. The second kappa shape index (κ2) is 6.04. The fraction of sp³-hybridized carbons (Fsp3) is 0.438. The number of amides is 1. The maximum atomic E-state index is 12.5. The third kappa shape index (κ3) is 2.97. The number of pyridine rings is 1. The molecule has 0 N–H and O–H groups in total. The molecule has 3 heterocycles. The summed E-state index contributed by atoms with van der Waals surface area (Å²) in [6, 6.07) is 3.05. The van der Waals surface area contributed by atoms with Crippen molar-refractivity contribution >= 4 is 17.2 Å². The van der Waals surface area contributed by atoms with Crippen LogP contribution in [-0.2, 0) is 7.05 Å². The SMILES string of the molecule is Cc1cnc(C2CCN(C(=O)c3ccc(=O)n(C)c3)CC2)s1. The number of likely N-dealkylation sites (tertiary alicyclic amines) is 1. The largest absolute Gasteiger partial charge is 0.339 e. The normalized spacial score (nSPS) is 16.0. The van der Waals surface area contributed by atoms with Gasteiger partial charge in [-0.25, -0.2) is 4.98 Å². The zero-order valence-electron chi connectivity index (χ0n) is 12.8. The molecule has 5 nitrogen and oxygen atoms in total. The van der Waals surface area contributed by atoms with E-state index in [4.69, 9.17) is 0 Å². The molecule has 1 fully saturated rings. The summed E-state index contributed by atoms with van der Waals surface area (Å²) in [6.07, 6.45) is 5.43. The average molecular weight is 317 g/mol. The van der Waals surface area contributed by atoms with Crippen LogP contribution < -0.4 is 5.56 Å². The predicted molar refractivity (Wildman–Crippen MR) is 86.4 cm³/mol. The van der Waals surface area contributed by atoms with Crippen LogP contribution in [0, 0.1) is 6.92 Å². The van der Waals surface area contributed by atoms with E-state index in [2.05, 4.69) is 11.9 Å². The third-order valence-corrected chi connectivity index (χ3v) is 5.18. The summed E-state index contributed by atoms with van der Waals surface area (Å²) in [5.41, 5.74) is 0.472. The molecule has 0 atom stereocenters.